The second-order valence-corrected chi connectivity index (χ2v) is 6.10. The van der Waals surface area contributed by atoms with Crippen molar-refractivity contribution < 1.29 is 9.53 Å². The Balaban J connectivity index is 1.65. The van der Waals surface area contributed by atoms with E-state index in [1.165, 1.54) is 5.56 Å². The zero-order valence-electron chi connectivity index (χ0n) is 14.0. The predicted octanol–water partition coefficient (Wildman–Crippen LogP) is 2.68. The fourth-order valence-corrected chi connectivity index (χ4v) is 3.04. The molecule has 0 radical (unpaired) electrons. The van der Waals surface area contributed by atoms with Gasteiger partial charge in [0.05, 0.1) is 18.3 Å². The molecule has 1 aliphatic heterocycles. The highest BCUT2D eigenvalue weighted by atomic mass is 16.5. The number of amides is 1. The summed E-state index contributed by atoms with van der Waals surface area (Å²) in [4.78, 5) is 14.4. The number of aromatic nitrogens is 2. The highest BCUT2D eigenvalue weighted by Gasteiger charge is 2.26. The SMILES string of the molecule is CCCn1ncc(C(=O)N(C)CC2Cc3ccccc3O2)c1C. The maximum absolute atomic E-state index is 12.7. The van der Waals surface area contributed by atoms with Crippen LogP contribution < -0.4 is 4.74 Å². The Morgan fingerprint density at radius 3 is 2.96 bits per heavy atom. The van der Waals surface area contributed by atoms with Gasteiger partial charge in [-0.15, -0.1) is 0 Å². The van der Waals surface area contributed by atoms with Crippen LogP contribution in [0.1, 0.15) is 35.0 Å². The molecule has 1 aliphatic rings. The molecule has 1 aromatic heterocycles. The van der Waals surface area contributed by atoms with E-state index in [1.54, 1.807) is 11.1 Å². The smallest absolute Gasteiger partial charge is 0.257 e. The molecule has 23 heavy (non-hydrogen) atoms. The Labute approximate surface area is 136 Å². The van der Waals surface area contributed by atoms with Crippen molar-refractivity contribution in [2.75, 3.05) is 13.6 Å². The lowest BCUT2D eigenvalue weighted by Gasteiger charge is -2.21. The molecule has 1 atom stereocenters. The summed E-state index contributed by atoms with van der Waals surface area (Å²) in [5.41, 5.74) is 2.82. The number of carbonyl (C=O) groups is 1. The van der Waals surface area contributed by atoms with Gasteiger partial charge >= 0.3 is 0 Å². The third-order valence-electron chi connectivity index (χ3n) is 4.31. The normalized spacial score (nSPS) is 16.0. The molecule has 5 nitrogen and oxygen atoms in total. The lowest BCUT2D eigenvalue weighted by molar-refractivity contribution is 0.0729. The molecule has 1 unspecified atom stereocenters. The van der Waals surface area contributed by atoms with E-state index in [-0.39, 0.29) is 12.0 Å². The predicted molar refractivity (Wildman–Crippen MR) is 88.8 cm³/mol. The molecule has 3 rings (SSSR count). The van der Waals surface area contributed by atoms with Crippen LogP contribution in [-0.4, -0.2) is 40.3 Å². The largest absolute Gasteiger partial charge is 0.488 e. The molecule has 0 aliphatic carbocycles. The molecule has 122 valence electrons. The molecule has 0 saturated heterocycles. The summed E-state index contributed by atoms with van der Waals surface area (Å²) in [6.45, 7) is 5.46. The van der Waals surface area contributed by atoms with Crippen molar-refractivity contribution in [2.24, 2.45) is 0 Å². The summed E-state index contributed by atoms with van der Waals surface area (Å²) in [6, 6.07) is 8.05. The minimum Gasteiger partial charge on any atom is -0.488 e. The fourth-order valence-electron chi connectivity index (χ4n) is 3.04. The number of fused-ring (bicyclic) bond motifs is 1. The molecular formula is C18H23N3O2. The van der Waals surface area contributed by atoms with Crippen LogP contribution >= 0.6 is 0 Å². The number of aryl methyl sites for hydroxylation is 1. The van der Waals surface area contributed by atoms with Crippen molar-refractivity contribution in [3.63, 3.8) is 0 Å². The van der Waals surface area contributed by atoms with Gasteiger partial charge in [-0.1, -0.05) is 25.1 Å². The van der Waals surface area contributed by atoms with Crippen LogP contribution in [0.5, 0.6) is 5.75 Å². The highest BCUT2D eigenvalue weighted by Crippen LogP contribution is 2.28. The second-order valence-electron chi connectivity index (χ2n) is 6.10. The molecular weight excluding hydrogens is 290 g/mol. The Kier molecular flexibility index (Phi) is 4.37. The Bertz CT molecular complexity index is 683. The first kappa shape index (κ1) is 15.6. The number of hydrogen-bond donors (Lipinski definition) is 0. The first-order valence-electron chi connectivity index (χ1n) is 8.12. The summed E-state index contributed by atoms with van der Waals surface area (Å²) >= 11 is 0. The first-order valence-corrected chi connectivity index (χ1v) is 8.12. The standard InChI is InChI=1S/C18H23N3O2/c1-4-9-21-13(2)16(11-19-21)18(22)20(3)12-15-10-14-7-5-6-8-17(14)23-15/h5-8,11,15H,4,9-10,12H2,1-3H3. The molecule has 1 aromatic carbocycles. The van der Waals surface area contributed by atoms with Crippen molar-refractivity contribution in [1.82, 2.24) is 14.7 Å². The van der Waals surface area contributed by atoms with Gasteiger partial charge in [0, 0.05) is 25.7 Å². The lowest BCUT2D eigenvalue weighted by Crippen LogP contribution is -2.36. The minimum atomic E-state index is 0.00408. The maximum atomic E-state index is 12.7. The van der Waals surface area contributed by atoms with Crippen LogP contribution in [0.25, 0.3) is 0 Å². The number of rotatable bonds is 5. The summed E-state index contributed by atoms with van der Waals surface area (Å²) in [7, 11) is 1.82. The number of likely N-dealkylation sites (N-methyl/N-ethyl adjacent to an activating group) is 1. The Morgan fingerprint density at radius 1 is 1.43 bits per heavy atom. The van der Waals surface area contributed by atoms with Crippen molar-refractivity contribution in [1.29, 1.82) is 0 Å². The van der Waals surface area contributed by atoms with E-state index in [2.05, 4.69) is 18.1 Å². The van der Waals surface area contributed by atoms with Crippen LogP contribution in [0.3, 0.4) is 0 Å². The van der Waals surface area contributed by atoms with Gasteiger partial charge in [-0.25, -0.2) is 0 Å². The zero-order valence-corrected chi connectivity index (χ0v) is 14.0. The summed E-state index contributed by atoms with van der Waals surface area (Å²) in [5, 5.41) is 4.31. The molecule has 5 heteroatoms. The number of carbonyl (C=O) groups excluding carboxylic acids is 1. The average molecular weight is 313 g/mol. The third-order valence-corrected chi connectivity index (χ3v) is 4.31. The van der Waals surface area contributed by atoms with E-state index in [9.17, 15) is 4.79 Å². The number of hydrogen-bond acceptors (Lipinski definition) is 3. The maximum Gasteiger partial charge on any atom is 0.257 e. The van der Waals surface area contributed by atoms with Gasteiger partial charge in [-0.3, -0.25) is 9.48 Å². The van der Waals surface area contributed by atoms with Gasteiger partial charge in [-0.2, -0.15) is 5.10 Å². The van der Waals surface area contributed by atoms with Crippen LogP contribution in [0.2, 0.25) is 0 Å². The van der Waals surface area contributed by atoms with E-state index in [0.717, 1.165) is 30.8 Å². The quantitative estimate of drug-likeness (QED) is 0.852. The van der Waals surface area contributed by atoms with E-state index >= 15 is 0 Å². The zero-order chi connectivity index (χ0) is 16.4. The summed E-state index contributed by atoms with van der Waals surface area (Å²) in [5.74, 6) is 0.940. The third kappa shape index (κ3) is 3.09. The first-order chi connectivity index (χ1) is 11.1. The van der Waals surface area contributed by atoms with E-state index in [0.29, 0.717) is 12.1 Å². The average Bonchev–Trinajstić information content (AvgIpc) is 3.10. The molecule has 0 spiro atoms. The Hall–Kier alpha value is -2.30. The number of benzene rings is 1. The van der Waals surface area contributed by atoms with Crippen molar-refractivity contribution in [2.45, 2.75) is 39.3 Å². The fraction of sp³-hybridized carbons (Fsp3) is 0.444. The number of ether oxygens (including phenoxy) is 1. The van der Waals surface area contributed by atoms with Crippen LogP contribution in [0, 0.1) is 6.92 Å². The van der Waals surface area contributed by atoms with Gasteiger partial charge in [0.2, 0.25) is 0 Å². The van der Waals surface area contributed by atoms with Gasteiger partial charge in [0.1, 0.15) is 11.9 Å². The van der Waals surface area contributed by atoms with Crippen LogP contribution in [0.4, 0.5) is 0 Å². The summed E-state index contributed by atoms with van der Waals surface area (Å²) in [6.07, 6.45) is 3.54. The Morgan fingerprint density at radius 2 is 2.22 bits per heavy atom. The minimum absolute atomic E-state index is 0.00408. The monoisotopic (exact) mass is 313 g/mol. The molecule has 2 aromatic rings. The molecule has 2 heterocycles. The van der Waals surface area contributed by atoms with Crippen LogP contribution in [0.15, 0.2) is 30.5 Å². The van der Waals surface area contributed by atoms with Gasteiger partial charge in [0.25, 0.3) is 5.91 Å². The highest BCUT2D eigenvalue weighted by molar-refractivity contribution is 5.94. The molecule has 0 bridgehead atoms. The molecule has 0 N–H and O–H groups in total. The lowest BCUT2D eigenvalue weighted by atomic mass is 10.1. The van der Waals surface area contributed by atoms with E-state index < -0.39 is 0 Å². The van der Waals surface area contributed by atoms with Crippen molar-refractivity contribution in [3.8, 4) is 5.75 Å². The van der Waals surface area contributed by atoms with Gasteiger partial charge < -0.3 is 9.64 Å². The van der Waals surface area contributed by atoms with E-state index in [4.69, 9.17) is 4.74 Å². The second kappa shape index (κ2) is 6.44. The molecule has 0 fully saturated rings. The van der Waals surface area contributed by atoms with Gasteiger partial charge in [0.15, 0.2) is 0 Å². The summed E-state index contributed by atoms with van der Waals surface area (Å²) < 4.78 is 7.81. The topological polar surface area (TPSA) is 47.4 Å². The van der Waals surface area contributed by atoms with Crippen molar-refractivity contribution in [3.05, 3.63) is 47.3 Å². The van der Waals surface area contributed by atoms with Gasteiger partial charge in [-0.05, 0) is 25.0 Å². The molecule has 0 saturated carbocycles. The van der Waals surface area contributed by atoms with Crippen molar-refractivity contribution >= 4 is 5.91 Å². The molecule has 1 amide bonds. The number of nitrogens with zero attached hydrogens (tertiary/aromatic N) is 3. The van der Waals surface area contributed by atoms with Crippen LogP contribution in [-0.2, 0) is 13.0 Å². The van der Waals surface area contributed by atoms with E-state index in [1.807, 2.05) is 36.9 Å². The number of para-hydroxylation sites is 1.